The average molecular weight is 425 g/mol. The van der Waals surface area contributed by atoms with Gasteiger partial charge in [-0.05, 0) is 24.3 Å². The molecule has 0 bridgehead atoms. The summed E-state index contributed by atoms with van der Waals surface area (Å²) in [6, 6.07) is 8.27. The first-order valence-corrected chi connectivity index (χ1v) is 9.53. The molecule has 2 rings (SSSR count). The Balaban J connectivity index is 1.99. The molecule has 0 aliphatic heterocycles. The monoisotopic (exact) mass is 425 g/mol. The molecule has 0 heterocycles. The Labute approximate surface area is 164 Å². The van der Waals surface area contributed by atoms with Crippen LogP contribution in [0.25, 0.3) is 0 Å². The summed E-state index contributed by atoms with van der Waals surface area (Å²) in [5.41, 5.74) is -0.619. The normalized spacial score (nSPS) is 11.0. The minimum absolute atomic E-state index is 0.111. The van der Waals surface area contributed by atoms with Gasteiger partial charge in [-0.2, -0.15) is 4.72 Å². The van der Waals surface area contributed by atoms with Crippen LogP contribution in [0.1, 0.15) is 10.4 Å². The van der Waals surface area contributed by atoms with Gasteiger partial charge in [0.2, 0.25) is 15.8 Å². The molecule has 0 aliphatic rings. The summed E-state index contributed by atoms with van der Waals surface area (Å²) in [7, 11) is -2.82. The maximum atomic E-state index is 13.5. The lowest BCUT2D eigenvalue weighted by molar-refractivity contribution is -0.384. The van der Waals surface area contributed by atoms with Crippen LogP contribution in [0.3, 0.4) is 0 Å². The van der Waals surface area contributed by atoms with Gasteiger partial charge in [0.15, 0.2) is 6.61 Å². The van der Waals surface area contributed by atoms with Crippen molar-refractivity contribution >= 4 is 33.2 Å². The van der Waals surface area contributed by atoms with E-state index in [-0.39, 0.29) is 11.3 Å². The van der Waals surface area contributed by atoms with Crippen molar-refractivity contribution in [3.63, 3.8) is 0 Å². The fraction of sp³-hybridized carbons (Fsp3) is 0.176. The Bertz CT molecular complexity index is 1060. The van der Waals surface area contributed by atoms with Crippen molar-refractivity contribution < 1.29 is 32.1 Å². The molecule has 29 heavy (non-hydrogen) atoms. The average Bonchev–Trinajstić information content (AvgIpc) is 2.70. The van der Waals surface area contributed by atoms with Crippen molar-refractivity contribution in [2.24, 2.45) is 0 Å². The molecule has 10 nitrogen and oxygen atoms in total. The number of nitro benzene ring substituents is 1. The highest BCUT2D eigenvalue weighted by atomic mass is 32.2. The molecule has 0 saturated heterocycles. The van der Waals surface area contributed by atoms with E-state index in [1.54, 1.807) is 0 Å². The van der Waals surface area contributed by atoms with Crippen LogP contribution >= 0.6 is 0 Å². The quantitative estimate of drug-likeness (QED) is 0.266. The number of benzene rings is 2. The summed E-state index contributed by atoms with van der Waals surface area (Å²) in [6.07, 6.45) is 0. The Morgan fingerprint density at radius 3 is 2.52 bits per heavy atom. The molecule has 0 aliphatic carbocycles. The van der Waals surface area contributed by atoms with Gasteiger partial charge in [-0.25, -0.2) is 12.8 Å². The Morgan fingerprint density at radius 2 is 1.90 bits per heavy atom. The number of esters is 1. The molecule has 0 amide bonds. The van der Waals surface area contributed by atoms with Gasteiger partial charge in [-0.1, -0.05) is 12.1 Å². The zero-order valence-corrected chi connectivity index (χ0v) is 15.9. The third-order valence-corrected chi connectivity index (χ3v) is 5.09. The summed E-state index contributed by atoms with van der Waals surface area (Å²) < 4.78 is 44.5. The van der Waals surface area contributed by atoms with Crippen LogP contribution < -0.4 is 10.0 Å². The maximum absolute atomic E-state index is 13.5. The lowest BCUT2D eigenvalue weighted by Gasteiger charge is -2.09. The van der Waals surface area contributed by atoms with Crippen LogP contribution in [0, 0.1) is 15.9 Å². The zero-order valence-electron chi connectivity index (χ0n) is 15.0. The van der Waals surface area contributed by atoms with Gasteiger partial charge in [0, 0.05) is 13.1 Å². The number of nitrogens with zero attached hydrogens (tertiary/aromatic N) is 1. The zero-order chi connectivity index (χ0) is 21.6. The van der Waals surface area contributed by atoms with Crippen molar-refractivity contribution in [2.45, 2.75) is 4.90 Å². The van der Waals surface area contributed by atoms with E-state index < -0.39 is 56.3 Å². The van der Waals surface area contributed by atoms with Crippen molar-refractivity contribution in [1.82, 2.24) is 4.72 Å². The molecule has 0 fully saturated rings. The van der Waals surface area contributed by atoms with Gasteiger partial charge in [-0.3, -0.25) is 19.7 Å². The number of hydrogen-bond acceptors (Lipinski definition) is 8. The van der Waals surface area contributed by atoms with Gasteiger partial charge >= 0.3 is 5.97 Å². The molecule has 0 spiro atoms. The van der Waals surface area contributed by atoms with E-state index >= 15 is 0 Å². The summed E-state index contributed by atoms with van der Waals surface area (Å²) in [5.74, 6) is -2.65. The van der Waals surface area contributed by atoms with Crippen molar-refractivity contribution in [3.8, 4) is 0 Å². The molecular weight excluding hydrogens is 409 g/mol. The molecule has 12 heteroatoms. The Kier molecular flexibility index (Phi) is 6.96. The topological polar surface area (TPSA) is 145 Å². The van der Waals surface area contributed by atoms with E-state index in [0.29, 0.717) is 0 Å². The fourth-order valence-corrected chi connectivity index (χ4v) is 3.23. The Hall–Kier alpha value is -3.38. The highest BCUT2D eigenvalue weighted by molar-refractivity contribution is 7.89. The van der Waals surface area contributed by atoms with Crippen LogP contribution in [0.4, 0.5) is 15.8 Å². The number of carbonyl (C=O) groups excluding carboxylic acids is 2. The second-order valence-electron chi connectivity index (χ2n) is 5.57. The first-order valence-electron chi connectivity index (χ1n) is 8.05. The SMILES string of the molecule is CNc1ccc(S(=O)(=O)NCC(=O)OCC(=O)c2ccccc2F)cc1[N+](=O)[O-]. The highest BCUT2D eigenvalue weighted by Gasteiger charge is 2.22. The molecule has 0 radical (unpaired) electrons. The summed E-state index contributed by atoms with van der Waals surface area (Å²) >= 11 is 0. The van der Waals surface area contributed by atoms with Gasteiger partial charge in [0.1, 0.15) is 18.0 Å². The van der Waals surface area contributed by atoms with Crippen LogP contribution in [0.2, 0.25) is 0 Å². The van der Waals surface area contributed by atoms with E-state index in [1.165, 1.54) is 31.3 Å². The Morgan fingerprint density at radius 1 is 1.21 bits per heavy atom. The fourth-order valence-electron chi connectivity index (χ4n) is 2.24. The molecule has 2 aromatic carbocycles. The number of halogens is 1. The second kappa shape index (κ2) is 9.21. The number of ketones is 1. The van der Waals surface area contributed by atoms with E-state index in [0.717, 1.165) is 18.2 Å². The van der Waals surface area contributed by atoms with E-state index in [2.05, 4.69) is 10.1 Å². The molecule has 2 N–H and O–H groups in total. The number of carbonyl (C=O) groups is 2. The van der Waals surface area contributed by atoms with Gasteiger partial charge in [0.05, 0.1) is 15.4 Å². The highest BCUT2D eigenvalue weighted by Crippen LogP contribution is 2.26. The van der Waals surface area contributed by atoms with Crippen molar-refractivity contribution in [1.29, 1.82) is 0 Å². The lowest BCUT2D eigenvalue weighted by atomic mass is 10.1. The van der Waals surface area contributed by atoms with Gasteiger partial charge in [-0.15, -0.1) is 0 Å². The summed E-state index contributed by atoms with van der Waals surface area (Å²) in [4.78, 5) is 33.4. The number of nitro groups is 1. The molecule has 0 saturated carbocycles. The van der Waals surface area contributed by atoms with Crippen LogP contribution in [0.5, 0.6) is 0 Å². The summed E-state index contributed by atoms with van der Waals surface area (Å²) in [5, 5.41) is 13.6. The third-order valence-electron chi connectivity index (χ3n) is 3.69. The van der Waals surface area contributed by atoms with Crippen LogP contribution in [-0.4, -0.2) is 45.3 Å². The number of rotatable bonds is 9. The number of ether oxygens (including phenoxy) is 1. The number of Topliss-reactive ketones (excluding diaryl/α,β-unsaturated/α-hetero) is 1. The first-order chi connectivity index (χ1) is 13.7. The smallest absolute Gasteiger partial charge is 0.321 e. The third kappa shape index (κ3) is 5.56. The predicted octanol–water partition coefficient (Wildman–Crippen LogP) is 1.48. The van der Waals surface area contributed by atoms with Crippen LogP contribution in [0.15, 0.2) is 47.4 Å². The largest absolute Gasteiger partial charge is 0.456 e. The molecule has 154 valence electrons. The van der Waals surface area contributed by atoms with Gasteiger partial charge in [0.25, 0.3) is 5.69 Å². The van der Waals surface area contributed by atoms with E-state index in [1.807, 2.05) is 4.72 Å². The van der Waals surface area contributed by atoms with E-state index in [9.17, 15) is 32.5 Å². The van der Waals surface area contributed by atoms with Crippen molar-refractivity contribution in [3.05, 3.63) is 64.0 Å². The predicted molar refractivity (Wildman–Crippen MR) is 99.5 cm³/mol. The number of nitrogens with one attached hydrogen (secondary N) is 2. The number of hydrogen-bond donors (Lipinski definition) is 2. The lowest BCUT2D eigenvalue weighted by Crippen LogP contribution is -2.31. The molecular formula is C17H16FN3O7S. The number of anilines is 1. The molecule has 2 aromatic rings. The number of sulfonamides is 1. The first kappa shape index (κ1) is 21.9. The standard InChI is InChI=1S/C17H16FN3O7S/c1-19-14-7-6-11(8-15(14)21(24)25)29(26,27)20-9-17(23)28-10-16(22)12-4-2-3-5-13(12)18/h2-8,19-20H,9-10H2,1H3. The van der Waals surface area contributed by atoms with E-state index in [4.69, 9.17) is 0 Å². The molecule has 0 atom stereocenters. The summed E-state index contributed by atoms with van der Waals surface area (Å²) in [6.45, 7) is -1.60. The minimum atomic E-state index is -4.26. The maximum Gasteiger partial charge on any atom is 0.321 e. The second-order valence-corrected chi connectivity index (χ2v) is 7.34. The molecule has 0 unspecified atom stereocenters. The molecule has 0 aromatic heterocycles. The van der Waals surface area contributed by atoms with Crippen LogP contribution in [-0.2, 0) is 19.6 Å². The van der Waals surface area contributed by atoms with Crippen molar-refractivity contribution in [2.75, 3.05) is 25.5 Å². The van der Waals surface area contributed by atoms with Gasteiger partial charge < -0.3 is 10.1 Å². The minimum Gasteiger partial charge on any atom is -0.456 e.